The predicted octanol–water partition coefficient (Wildman–Crippen LogP) is 6.38. The van der Waals surface area contributed by atoms with Crippen LogP contribution < -0.4 is 14.9 Å². The zero-order valence-electron chi connectivity index (χ0n) is 17.4. The molecule has 0 amide bonds. The minimum absolute atomic E-state index is 0.136. The number of anilines is 2. The molecule has 4 aromatic rings. The number of hydrogen-bond acceptors (Lipinski definition) is 5. The number of hydrogen-bond donors (Lipinski definition) is 2. The van der Waals surface area contributed by atoms with Crippen molar-refractivity contribution in [2.24, 2.45) is 5.10 Å². The van der Waals surface area contributed by atoms with Gasteiger partial charge in [0.2, 0.25) is 0 Å². The van der Waals surface area contributed by atoms with Crippen LogP contribution >= 0.6 is 11.6 Å². The molecular weight excluding hydrogens is 458 g/mol. The van der Waals surface area contributed by atoms with E-state index in [0.29, 0.717) is 22.1 Å². The molecule has 0 unspecified atom stereocenters. The van der Waals surface area contributed by atoms with Crippen molar-refractivity contribution in [2.75, 3.05) is 10.1 Å². The fourth-order valence-electron chi connectivity index (χ4n) is 2.90. The molecule has 2 N–H and O–H groups in total. The van der Waals surface area contributed by atoms with Crippen LogP contribution in [0.5, 0.6) is 11.5 Å². The molecule has 0 aliphatic carbocycles. The van der Waals surface area contributed by atoms with Gasteiger partial charge in [0, 0.05) is 10.7 Å². The van der Waals surface area contributed by atoms with E-state index in [-0.39, 0.29) is 4.90 Å². The second-order valence-corrected chi connectivity index (χ2v) is 9.11. The Morgan fingerprint density at radius 3 is 2.15 bits per heavy atom. The van der Waals surface area contributed by atoms with E-state index in [2.05, 4.69) is 15.2 Å². The Hall–Kier alpha value is -3.81. The molecule has 6 nitrogen and oxygen atoms in total. The summed E-state index contributed by atoms with van der Waals surface area (Å²) in [5.41, 5.74) is 4.93. The summed E-state index contributed by atoms with van der Waals surface area (Å²) in [6, 6.07) is 29.8. The third-order valence-electron chi connectivity index (χ3n) is 4.51. The van der Waals surface area contributed by atoms with Crippen LogP contribution in [0.1, 0.15) is 5.56 Å². The number of para-hydroxylation sites is 1. The first kappa shape index (κ1) is 22.4. The van der Waals surface area contributed by atoms with Crippen molar-refractivity contribution in [3.05, 3.63) is 114 Å². The van der Waals surface area contributed by atoms with Gasteiger partial charge in [-0.05, 0) is 78.4 Å². The van der Waals surface area contributed by atoms with Crippen LogP contribution in [0.25, 0.3) is 0 Å². The summed E-state index contributed by atoms with van der Waals surface area (Å²) in [4.78, 5) is 0.136. The number of rotatable bonds is 8. The van der Waals surface area contributed by atoms with E-state index in [1.54, 1.807) is 30.5 Å². The molecule has 0 atom stereocenters. The Bertz CT molecular complexity index is 1340. The summed E-state index contributed by atoms with van der Waals surface area (Å²) in [6.45, 7) is 0. The quantitative estimate of drug-likeness (QED) is 0.228. The number of halogens is 1. The molecule has 33 heavy (non-hydrogen) atoms. The smallest absolute Gasteiger partial charge is 0.261 e. The Labute approximate surface area is 197 Å². The molecule has 0 aromatic heterocycles. The highest BCUT2D eigenvalue weighted by Crippen LogP contribution is 2.22. The van der Waals surface area contributed by atoms with Crippen molar-refractivity contribution in [1.82, 2.24) is 0 Å². The van der Waals surface area contributed by atoms with E-state index in [1.165, 1.54) is 24.3 Å². The van der Waals surface area contributed by atoms with Gasteiger partial charge in [-0.25, -0.2) is 8.42 Å². The van der Waals surface area contributed by atoms with Gasteiger partial charge < -0.3 is 4.74 Å². The zero-order chi connectivity index (χ0) is 23.1. The number of benzene rings is 4. The number of sulfonamides is 1. The lowest BCUT2D eigenvalue weighted by molar-refractivity contribution is 0.482. The zero-order valence-corrected chi connectivity index (χ0v) is 18.9. The molecule has 0 spiro atoms. The van der Waals surface area contributed by atoms with E-state index in [1.807, 2.05) is 54.6 Å². The molecule has 4 aromatic carbocycles. The molecule has 0 fully saturated rings. The lowest BCUT2D eigenvalue weighted by Crippen LogP contribution is -2.12. The Morgan fingerprint density at radius 2 is 1.42 bits per heavy atom. The van der Waals surface area contributed by atoms with Crippen molar-refractivity contribution in [1.29, 1.82) is 0 Å². The van der Waals surface area contributed by atoms with Crippen LogP contribution in [0.3, 0.4) is 0 Å². The van der Waals surface area contributed by atoms with Gasteiger partial charge in [-0.1, -0.05) is 41.9 Å². The summed E-state index contributed by atoms with van der Waals surface area (Å²) in [5.74, 6) is 1.47. The maximum Gasteiger partial charge on any atom is 0.261 e. The highest BCUT2D eigenvalue weighted by molar-refractivity contribution is 7.92. The van der Waals surface area contributed by atoms with Crippen LogP contribution in [0.4, 0.5) is 11.4 Å². The summed E-state index contributed by atoms with van der Waals surface area (Å²) in [5, 5.41) is 4.71. The third kappa shape index (κ3) is 6.35. The van der Waals surface area contributed by atoms with Crippen molar-refractivity contribution in [3.8, 4) is 11.5 Å². The fourth-order valence-corrected chi connectivity index (χ4v) is 4.09. The predicted molar refractivity (Wildman–Crippen MR) is 133 cm³/mol. The molecule has 0 saturated carbocycles. The largest absolute Gasteiger partial charge is 0.457 e. The van der Waals surface area contributed by atoms with E-state index < -0.39 is 10.0 Å². The van der Waals surface area contributed by atoms with Crippen molar-refractivity contribution >= 4 is 39.2 Å². The number of nitrogens with one attached hydrogen (secondary N) is 2. The molecule has 0 radical (unpaired) electrons. The number of nitrogens with zero attached hydrogens (tertiary/aromatic N) is 1. The maximum absolute atomic E-state index is 12.5. The maximum atomic E-state index is 12.5. The SMILES string of the molecule is O=S(=O)(Nc1ccc(N/N=C/c2cccc(Oc3ccccc3)c2)cc1)c1ccc(Cl)cc1. The van der Waals surface area contributed by atoms with Crippen LogP contribution in [0, 0.1) is 0 Å². The van der Waals surface area contributed by atoms with Crippen molar-refractivity contribution in [3.63, 3.8) is 0 Å². The van der Waals surface area contributed by atoms with Gasteiger partial charge in [-0.2, -0.15) is 5.10 Å². The summed E-state index contributed by atoms with van der Waals surface area (Å²) in [7, 11) is -3.69. The molecule has 0 heterocycles. The molecule has 166 valence electrons. The monoisotopic (exact) mass is 477 g/mol. The van der Waals surface area contributed by atoms with E-state index >= 15 is 0 Å². The lowest BCUT2D eigenvalue weighted by atomic mass is 10.2. The normalized spacial score (nSPS) is 11.3. The summed E-state index contributed by atoms with van der Waals surface area (Å²) >= 11 is 5.82. The molecule has 8 heteroatoms. The van der Waals surface area contributed by atoms with E-state index in [4.69, 9.17) is 16.3 Å². The minimum Gasteiger partial charge on any atom is -0.457 e. The topological polar surface area (TPSA) is 79.8 Å². The van der Waals surface area contributed by atoms with Crippen LogP contribution in [-0.4, -0.2) is 14.6 Å². The van der Waals surface area contributed by atoms with E-state index in [9.17, 15) is 8.42 Å². The molecule has 0 aliphatic rings. The van der Waals surface area contributed by atoms with Crippen LogP contribution in [0.15, 0.2) is 113 Å². The van der Waals surface area contributed by atoms with Crippen LogP contribution in [-0.2, 0) is 10.0 Å². The highest BCUT2D eigenvalue weighted by atomic mass is 35.5. The standard InChI is InChI=1S/C25H20ClN3O3S/c26-20-9-15-25(16-10-20)33(30,31)29-22-13-11-21(12-14-22)28-27-18-19-5-4-8-24(17-19)32-23-6-2-1-3-7-23/h1-18,28-29H/b27-18+. The molecular formula is C25H20ClN3O3S. The van der Waals surface area contributed by atoms with Gasteiger partial charge in [-0.15, -0.1) is 0 Å². The molecule has 0 aliphatic heterocycles. The van der Waals surface area contributed by atoms with Crippen LogP contribution in [0.2, 0.25) is 5.02 Å². The molecule has 0 saturated heterocycles. The third-order valence-corrected chi connectivity index (χ3v) is 6.15. The number of hydrazone groups is 1. The Kier molecular flexibility index (Phi) is 6.92. The second-order valence-electron chi connectivity index (χ2n) is 6.99. The lowest BCUT2D eigenvalue weighted by Gasteiger charge is -2.09. The molecule has 4 rings (SSSR count). The van der Waals surface area contributed by atoms with Gasteiger partial charge in [0.05, 0.1) is 16.8 Å². The first-order valence-corrected chi connectivity index (χ1v) is 11.8. The fraction of sp³-hybridized carbons (Fsp3) is 0. The first-order valence-electron chi connectivity index (χ1n) is 9.98. The summed E-state index contributed by atoms with van der Waals surface area (Å²) in [6.07, 6.45) is 1.68. The Morgan fingerprint density at radius 1 is 0.758 bits per heavy atom. The molecule has 0 bridgehead atoms. The minimum atomic E-state index is -3.69. The summed E-state index contributed by atoms with van der Waals surface area (Å²) < 4.78 is 33.3. The van der Waals surface area contributed by atoms with Gasteiger partial charge in [0.15, 0.2) is 0 Å². The Balaban J connectivity index is 1.36. The highest BCUT2D eigenvalue weighted by Gasteiger charge is 2.13. The van der Waals surface area contributed by atoms with Gasteiger partial charge >= 0.3 is 0 Å². The van der Waals surface area contributed by atoms with Crippen molar-refractivity contribution in [2.45, 2.75) is 4.90 Å². The first-order chi connectivity index (χ1) is 16.0. The van der Waals surface area contributed by atoms with Gasteiger partial charge in [0.1, 0.15) is 11.5 Å². The second kappa shape index (κ2) is 10.2. The van der Waals surface area contributed by atoms with Crippen molar-refractivity contribution < 1.29 is 13.2 Å². The average molecular weight is 478 g/mol. The van der Waals surface area contributed by atoms with Gasteiger partial charge in [0.25, 0.3) is 10.0 Å². The number of ether oxygens (including phenoxy) is 1. The van der Waals surface area contributed by atoms with E-state index in [0.717, 1.165) is 11.3 Å². The average Bonchev–Trinajstić information content (AvgIpc) is 2.81. The van der Waals surface area contributed by atoms with Gasteiger partial charge in [-0.3, -0.25) is 10.1 Å².